The molecular formula is C32H18Br8. The quantitative estimate of drug-likeness (QED) is 0.146. The number of rotatable bonds is 6. The van der Waals surface area contributed by atoms with E-state index in [-0.39, 0.29) is 7.47 Å². The number of benzene rings is 5. The molecule has 8 heteroatoms. The van der Waals surface area contributed by atoms with Crippen molar-refractivity contribution in [3.05, 3.63) is 104 Å². The lowest BCUT2D eigenvalue weighted by molar-refractivity contribution is 1.34. The molecule has 0 unspecified atom stereocenters. The zero-order chi connectivity index (χ0) is 28.3. The van der Waals surface area contributed by atoms with E-state index in [0.29, 0.717) is 10.7 Å². The first-order valence-electron chi connectivity index (χ1n) is 12.3. The van der Waals surface area contributed by atoms with Crippen LogP contribution in [0.2, 0.25) is 0 Å². The molecule has 1 aliphatic carbocycles. The van der Waals surface area contributed by atoms with E-state index in [4.69, 9.17) is 0 Å². The molecule has 40 heavy (non-hydrogen) atoms. The van der Waals surface area contributed by atoms with Gasteiger partial charge in [-0.05, 0) is 89.7 Å². The van der Waals surface area contributed by atoms with Gasteiger partial charge in [0.05, 0.1) is 7.47 Å². The molecule has 0 radical (unpaired) electrons. The lowest BCUT2D eigenvalue weighted by Gasteiger charge is -2.26. The maximum atomic E-state index is 3.98. The molecule has 0 spiro atoms. The van der Waals surface area contributed by atoms with Crippen molar-refractivity contribution in [1.29, 1.82) is 0 Å². The van der Waals surface area contributed by atoms with E-state index in [2.05, 4.69) is 200 Å². The largest absolute Gasteiger partial charge is 0.0952 e. The zero-order valence-electron chi connectivity index (χ0n) is 20.5. The molecular weight excluding hydrogens is 1020 g/mol. The minimum absolute atomic E-state index is 0.0102. The summed E-state index contributed by atoms with van der Waals surface area (Å²) in [7, 11) is 0. The van der Waals surface area contributed by atoms with E-state index in [0.717, 1.165) is 8.95 Å². The van der Waals surface area contributed by atoms with Crippen LogP contribution in [0.1, 0.15) is 29.7 Å². The Bertz CT molecular complexity index is 1680. The molecule has 0 amide bonds. The molecule has 0 N–H and O–H groups in total. The minimum Gasteiger partial charge on any atom is -0.0876 e. The Morgan fingerprint density at radius 1 is 0.475 bits per heavy atom. The third-order valence-corrected chi connectivity index (χ3v) is 12.0. The van der Waals surface area contributed by atoms with Crippen LogP contribution >= 0.6 is 127 Å². The molecule has 0 aromatic heterocycles. The molecule has 5 aromatic carbocycles. The van der Waals surface area contributed by atoms with E-state index in [1.807, 2.05) is 0 Å². The highest BCUT2D eigenvalue weighted by molar-refractivity contribution is 9.24. The smallest absolute Gasteiger partial charge is 0.0876 e. The molecule has 0 saturated heterocycles. The van der Waals surface area contributed by atoms with Gasteiger partial charge in [-0.2, -0.15) is 0 Å². The summed E-state index contributed by atoms with van der Waals surface area (Å²) in [5.41, 5.74) is 15.0. The second-order valence-corrected chi connectivity index (χ2v) is 18.4. The predicted molar refractivity (Wildman–Crippen MR) is 201 cm³/mol. The molecule has 5 aromatic rings. The highest BCUT2D eigenvalue weighted by atomic mass is 79.9. The van der Waals surface area contributed by atoms with E-state index in [1.165, 1.54) is 77.5 Å². The summed E-state index contributed by atoms with van der Waals surface area (Å²) in [6.45, 7) is 0. The van der Waals surface area contributed by atoms with Crippen molar-refractivity contribution in [2.75, 3.05) is 0 Å². The van der Waals surface area contributed by atoms with Gasteiger partial charge in [0.25, 0.3) is 0 Å². The van der Waals surface area contributed by atoms with Crippen molar-refractivity contribution in [3.8, 4) is 44.5 Å². The SMILES string of the molecule is BrCc1c(-c2ccccc2Br)c(-c2ccccc2Br)c(CBr)c2c1-c1c(C(Br)Br)ccc3ccc(C(Br)Br)c-2c13. The van der Waals surface area contributed by atoms with Crippen LogP contribution in [0.5, 0.6) is 0 Å². The van der Waals surface area contributed by atoms with Gasteiger partial charge in [-0.1, -0.05) is 188 Å². The Balaban J connectivity index is 1.94. The van der Waals surface area contributed by atoms with Crippen LogP contribution in [0, 0.1) is 0 Å². The van der Waals surface area contributed by atoms with Crippen LogP contribution in [0.15, 0.2) is 81.7 Å². The first kappa shape index (κ1) is 30.2. The summed E-state index contributed by atoms with van der Waals surface area (Å²) in [5, 5.41) is 3.93. The van der Waals surface area contributed by atoms with Crippen molar-refractivity contribution in [1.82, 2.24) is 0 Å². The van der Waals surface area contributed by atoms with Gasteiger partial charge in [0, 0.05) is 19.6 Å². The number of halogens is 8. The average molecular weight is 1040 g/mol. The Morgan fingerprint density at radius 3 is 1.23 bits per heavy atom. The van der Waals surface area contributed by atoms with Gasteiger partial charge in [-0.3, -0.25) is 0 Å². The Morgan fingerprint density at radius 2 is 0.875 bits per heavy atom. The molecule has 6 rings (SSSR count). The van der Waals surface area contributed by atoms with Crippen LogP contribution in [0.3, 0.4) is 0 Å². The summed E-state index contributed by atoms with van der Waals surface area (Å²) >= 11 is 31.2. The highest BCUT2D eigenvalue weighted by Gasteiger charge is 2.36. The zero-order valence-corrected chi connectivity index (χ0v) is 33.2. The standard InChI is InChI=1S/C32H18Br8/c33-13-20-25(16-5-1-3-7-22(16)35)26(17-6-2-4-8-23(17)36)21(14-34)30-28-19(32(39)40)12-10-15-9-11-18(31(37)38)27(24(15)28)29(20)30/h1-12,31-32H,13-14H2. The predicted octanol–water partition coefficient (Wildman–Crippen LogP) is 14.7. The maximum absolute atomic E-state index is 3.98. The fraction of sp³-hybridized carbons (Fsp3) is 0.125. The third-order valence-electron chi connectivity index (χ3n) is 7.48. The maximum Gasteiger partial charge on any atom is 0.0952 e. The summed E-state index contributed by atoms with van der Waals surface area (Å²) in [4.78, 5) is 0. The molecule has 0 bridgehead atoms. The van der Waals surface area contributed by atoms with Gasteiger partial charge < -0.3 is 0 Å². The number of alkyl halides is 6. The van der Waals surface area contributed by atoms with Crippen molar-refractivity contribution in [2.24, 2.45) is 0 Å². The number of fused-ring (bicyclic) bond motifs is 3. The number of hydrogen-bond acceptors (Lipinski definition) is 0. The van der Waals surface area contributed by atoms with Crippen molar-refractivity contribution in [2.45, 2.75) is 18.1 Å². The summed E-state index contributed by atoms with van der Waals surface area (Å²) in [5.74, 6) is 0. The van der Waals surface area contributed by atoms with Gasteiger partial charge in [0.2, 0.25) is 0 Å². The van der Waals surface area contributed by atoms with Gasteiger partial charge in [0.1, 0.15) is 0 Å². The third kappa shape index (κ3) is 4.87. The Hall–Kier alpha value is 0.200. The van der Waals surface area contributed by atoms with Crippen LogP contribution in [-0.2, 0) is 10.7 Å². The van der Waals surface area contributed by atoms with Crippen molar-refractivity contribution >= 4 is 138 Å². The summed E-state index contributed by atoms with van der Waals surface area (Å²) in [6.07, 6.45) is 0. The second kappa shape index (κ2) is 12.3. The summed E-state index contributed by atoms with van der Waals surface area (Å²) in [6, 6.07) is 26.1. The second-order valence-electron chi connectivity index (χ2n) is 9.44. The molecule has 0 aliphatic heterocycles. The lowest BCUT2D eigenvalue weighted by Crippen LogP contribution is -2.03. The van der Waals surface area contributed by atoms with Crippen molar-refractivity contribution in [3.63, 3.8) is 0 Å². The van der Waals surface area contributed by atoms with Crippen LogP contribution in [0.4, 0.5) is 0 Å². The van der Waals surface area contributed by atoms with E-state index >= 15 is 0 Å². The highest BCUT2D eigenvalue weighted by Crippen LogP contribution is 2.61. The molecule has 202 valence electrons. The van der Waals surface area contributed by atoms with Crippen LogP contribution < -0.4 is 0 Å². The van der Waals surface area contributed by atoms with Gasteiger partial charge in [0.15, 0.2) is 0 Å². The monoisotopic (exact) mass is 1030 g/mol. The molecule has 0 atom stereocenters. The molecule has 0 nitrogen and oxygen atoms in total. The fourth-order valence-electron chi connectivity index (χ4n) is 5.95. The van der Waals surface area contributed by atoms with Gasteiger partial charge in [-0.25, -0.2) is 0 Å². The average Bonchev–Trinajstić information content (AvgIpc) is 3.29. The normalized spacial score (nSPS) is 12.2. The number of hydrogen-bond donors (Lipinski definition) is 0. The first-order chi connectivity index (χ1) is 19.3. The molecule has 0 heterocycles. The van der Waals surface area contributed by atoms with E-state index < -0.39 is 0 Å². The Kier molecular flexibility index (Phi) is 9.30. The molecule has 0 saturated carbocycles. The topological polar surface area (TPSA) is 0 Å². The fourth-order valence-corrected chi connectivity index (χ4v) is 9.56. The van der Waals surface area contributed by atoms with Crippen molar-refractivity contribution < 1.29 is 0 Å². The van der Waals surface area contributed by atoms with E-state index in [9.17, 15) is 0 Å². The molecule has 1 aliphatic rings. The lowest BCUT2D eigenvalue weighted by atomic mass is 9.80. The summed E-state index contributed by atoms with van der Waals surface area (Å²) < 4.78 is 2.16. The van der Waals surface area contributed by atoms with Gasteiger partial charge >= 0.3 is 0 Å². The van der Waals surface area contributed by atoms with E-state index in [1.54, 1.807) is 0 Å². The Labute approximate surface area is 301 Å². The van der Waals surface area contributed by atoms with Gasteiger partial charge in [-0.15, -0.1) is 0 Å². The first-order valence-corrected chi connectivity index (χ1v) is 19.8. The molecule has 0 fully saturated rings. The van der Waals surface area contributed by atoms with Crippen LogP contribution in [-0.4, -0.2) is 0 Å². The van der Waals surface area contributed by atoms with Crippen LogP contribution in [0.25, 0.3) is 55.3 Å². The minimum atomic E-state index is 0.0102.